The average Bonchev–Trinajstić information content (AvgIpc) is 2.79. The highest BCUT2D eigenvalue weighted by Gasteiger charge is 2.15. The number of hydrogen-bond acceptors (Lipinski definition) is 4. The van der Waals surface area contributed by atoms with E-state index >= 15 is 0 Å². The van der Waals surface area contributed by atoms with Crippen molar-refractivity contribution < 1.29 is 9.47 Å². The second-order valence-corrected chi connectivity index (χ2v) is 3.63. The van der Waals surface area contributed by atoms with Crippen LogP contribution in [0, 0.1) is 0 Å². The lowest BCUT2D eigenvalue weighted by Gasteiger charge is -2.11. The molecule has 4 nitrogen and oxygen atoms in total. The van der Waals surface area contributed by atoms with Crippen LogP contribution in [0.15, 0.2) is 18.3 Å². The summed E-state index contributed by atoms with van der Waals surface area (Å²) < 4.78 is 11.1. The number of pyridine rings is 1. The topological polar surface area (TPSA) is 57.4 Å². The molecule has 1 aliphatic heterocycles. The largest absolute Gasteiger partial charge is 0.491 e. The van der Waals surface area contributed by atoms with E-state index < -0.39 is 0 Å². The minimum atomic E-state index is 0.250. The fourth-order valence-corrected chi connectivity index (χ4v) is 1.62. The molecule has 2 heterocycles. The Balaban J connectivity index is 1.86. The van der Waals surface area contributed by atoms with Gasteiger partial charge in [-0.1, -0.05) is 0 Å². The zero-order valence-electron chi connectivity index (χ0n) is 8.69. The van der Waals surface area contributed by atoms with Crippen molar-refractivity contribution in [2.75, 3.05) is 13.2 Å². The monoisotopic (exact) mass is 208 g/mol. The van der Waals surface area contributed by atoms with Crippen molar-refractivity contribution in [1.29, 1.82) is 0 Å². The molecule has 0 bridgehead atoms. The van der Waals surface area contributed by atoms with Gasteiger partial charge in [-0.25, -0.2) is 0 Å². The Labute approximate surface area is 89.4 Å². The van der Waals surface area contributed by atoms with Crippen LogP contribution >= 0.6 is 0 Å². The van der Waals surface area contributed by atoms with Crippen LogP contribution in [-0.4, -0.2) is 24.3 Å². The Bertz CT molecular complexity index is 311. The molecular formula is C11H16N2O2. The molecule has 1 aromatic heterocycles. The first-order valence-electron chi connectivity index (χ1n) is 5.28. The first-order valence-corrected chi connectivity index (χ1v) is 5.28. The third kappa shape index (κ3) is 2.91. The zero-order chi connectivity index (χ0) is 10.5. The quantitative estimate of drug-likeness (QED) is 0.805. The number of nitrogens with two attached hydrogens (primary N) is 1. The molecule has 4 heteroatoms. The average molecular weight is 208 g/mol. The molecule has 0 aliphatic carbocycles. The fourth-order valence-electron chi connectivity index (χ4n) is 1.62. The first-order chi connectivity index (χ1) is 7.38. The van der Waals surface area contributed by atoms with Gasteiger partial charge < -0.3 is 15.2 Å². The third-order valence-electron chi connectivity index (χ3n) is 2.46. The summed E-state index contributed by atoms with van der Waals surface area (Å²) in [7, 11) is 0. The standard InChI is InChI=1S/C11H16N2O2/c12-7-9-6-10(3-4-13-9)15-8-11-2-1-5-14-11/h3-4,6,11H,1-2,5,7-8,12H2. The van der Waals surface area contributed by atoms with Crippen LogP contribution in [0.3, 0.4) is 0 Å². The number of ether oxygens (including phenoxy) is 2. The molecule has 2 rings (SSSR count). The van der Waals surface area contributed by atoms with Gasteiger partial charge in [0.15, 0.2) is 0 Å². The normalized spacial score (nSPS) is 20.5. The van der Waals surface area contributed by atoms with Gasteiger partial charge in [-0.2, -0.15) is 0 Å². The van der Waals surface area contributed by atoms with Crippen LogP contribution in [0.4, 0.5) is 0 Å². The van der Waals surface area contributed by atoms with Crippen molar-refractivity contribution in [1.82, 2.24) is 4.98 Å². The second kappa shape index (κ2) is 5.09. The van der Waals surface area contributed by atoms with E-state index in [9.17, 15) is 0 Å². The Kier molecular flexibility index (Phi) is 3.53. The van der Waals surface area contributed by atoms with E-state index in [0.717, 1.165) is 30.9 Å². The van der Waals surface area contributed by atoms with Crippen molar-refractivity contribution in [3.8, 4) is 5.75 Å². The molecule has 0 amide bonds. The third-order valence-corrected chi connectivity index (χ3v) is 2.46. The lowest BCUT2D eigenvalue weighted by Crippen LogP contribution is -2.16. The Morgan fingerprint density at radius 3 is 3.27 bits per heavy atom. The molecular weight excluding hydrogens is 192 g/mol. The Morgan fingerprint density at radius 1 is 1.60 bits per heavy atom. The molecule has 1 aliphatic rings. The van der Waals surface area contributed by atoms with Crippen LogP contribution in [0.1, 0.15) is 18.5 Å². The van der Waals surface area contributed by atoms with E-state index in [2.05, 4.69) is 4.98 Å². The fraction of sp³-hybridized carbons (Fsp3) is 0.545. The van der Waals surface area contributed by atoms with Gasteiger partial charge in [-0.15, -0.1) is 0 Å². The minimum absolute atomic E-state index is 0.250. The summed E-state index contributed by atoms with van der Waals surface area (Å²) in [4.78, 5) is 4.10. The molecule has 2 N–H and O–H groups in total. The van der Waals surface area contributed by atoms with E-state index in [1.165, 1.54) is 0 Å². The van der Waals surface area contributed by atoms with Crippen molar-refractivity contribution in [3.05, 3.63) is 24.0 Å². The van der Waals surface area contributed by atoms with Gasteiger partial charge in [0.25, 0.3) is 0 Å². The number of hydrogen-bond donors (Lipinski definition) is 1. The van der Waals surface area contributed by atoms with E-state index in [1.807, 2.05) is 12.1 Å². The summed E-state index contributed by atoms with van der Waals surface area (Å²) in [5.74, 6) is 0.820. The van der Waals surface area contributed by atoms with E-state index in [-0.39, 0.29) is 6.10 Å². The second-order valence-electron chi connectivity index (χ2n) is 3.63. The SMILES string of the molecule is NCc1cc(OCC2CCCO2)ccn1. The van der Waals surface area contributed by atoms with Crippen molar-refractivity contribution >= 4 is 0 Å². The Morgan fingerprint density at radius 2 is 2.53 bits per heavy atom. The lowest BCUT2D eigenvalue weighted by molar-refractivity contribution is 0.0679. The van der Waals surface area contributed by atoms with Gasteiger partial charge in [0.1, 0.15) is 12.4 Å². The molecule has 15 heavy (non-hydrogen) atoms. The molecule has 1 atom stereocenters. The van der Waals surface area contributed by atoms with Crippen LogP contribution in [-0.2, 0) is 11.3 Å². The van der Waals surface area contributed by atoms with Crippen molar-refractivity contribution in [3.63, 3.8) is 0 Å². The number of aromatic nitrogens is 1. The van der Waals surface area contributed by atoms with Gasteiger partial charge >= 0.3 is 0 Å². The zero-order valence-corrected chi connectivity index (χ0v) is 8.69. The molecule has 0 saturated carbocycles. The van der Waals surface area contributed by atoms with Crippen LogP contribution in [0.2, 0.25) is 0 Å². The summed E-state index contributed by atoms with van der Waals surface area (Å²) in [6, 6.07) is 3.71. The molecule has 0 spiro atoms. The van der Waals surface area contributed by atoms with Gasteiger partial charge in [-0.05, 0) is 18.9 Å². The van der Waals surface area contributed by atoms with Crippen molar-refractivity contribution in [2.24, 2.45) is 5.73 Å². The molecule has 0 radical (unpaired) electrons. The summed E-state index contributed by atoms with van der Waals surface area (Å²) in [6.45, 7) is 1.92. The molecule has 1 unspecified atom stereocenters. The van der Waals surface area contributed by atoms with Gasteiger partial charge in [-0.3, -0.25) is 4.98 Å². The van der Waals surface area contributed by atoms with Gasteiger partial charge in [0, 0.05) is 25.4 Å². The highest BCUT2D eigenvalue weighted by molar-refractivity contribution is 5.22. The predicted octanol–water partition coefficient (Wildman–Crippen LogP) is 1.10. The van der Waals surface area contributed by atoms with E-state index in [4.69, 9.17) is 15.2 Å². The molecule has 1 saturated heterocycles. The number of rotatable bonds is 4. The first kappa shape index (κ1) is 10.4. The lowest BCUT2D eigenvalue weighted by atomic mass is 10.2. The maximum atomic E-state index is 5.61. The highest BCUT2D eigenvalue weighted by atomic mass is 16.5. The van der Waals surface area contributed by atoms with Crippen LogP contribution in [0.5, 0.6) is 5.75 Å². The molecule has 0 aromatic carbocycles. The predicted molar refractivity (Wildman–Crippen MR) is 56.6 cm³/mol. The number of nitrogens with zero attached hydrogens (tertiary/aromatic N) is 1. The van der Waals surface area contributed by atoms with E-state index in [1.54, 1.807) is 6.20 Å². The summed E-state index contributed by atoms with van der Waals surface area (Å²) in [5, 5.41) is 0. The summed E-state index contributed by atoms with van der Waals surface area (Å²) in [5.41, 5.74) is 6.34. The van der Waals surface area contributed by atoms with Crippen LogP contribution < -0.4 is 10.5 Å². The molecule has 82 valence electrons. The maximum Gasteiger partial charge on any atom is 0.122 e. The Hall–Kier alpha value is -1.13. The smallest absolute Gasteiger partial charge is 0.122 e. The molecule has 1 aromatic rings. The highest BCUT2D eigenvalue weighted by Crippen LogP contribution is 2.15. The maximum absolute atomic E-state index is 5.61. The minimum Gasteiger partial charge on any atom is -0.491 e. The van der Waals surface area contributed by atoms with E-state index in [0.29, 0.717) is 13.2 Å². The van der Waals surface area contributed by atoms with Crippen molar-refractivity contribution in [2.45, 2.75) is 25.5 Å². The summed E-state index contributed by atoms with van der Waals surface area (Å²) in [6.07, 6.45) is 4.19. The summed E-state index contributed by atoms with van der Waals surface area (Å²) >= 11 is 0. The van der Waals surface area contributed by atoms with Crippen LogP contribution in [0.25, 0.3) is 0 Å². The van der Waals surface area contributed by atoms with Gasteiger partial charge in [0.2, 0.25) is 0 Å². The van der Waals surface area contributed by atoms with Gasteiger partial charge in [0.05, 0.1) is 11.8 Å². The molecule has 1 fully saturated rings.